The smallest absolute Gasteiger partial charge is 0.264 e. The molecule has 0 radical (unpaired) electrons. The number of aryl methyl sites for hydroxylation is 1. The first-order chi connectivity index (χ1) is 14.7. The minimum atomic E-state index is -0.162. The second-order valence-electron chi connectivity index (χ2n) is 7.65. The van der Waals surface area contributed by atoms with E-state index >= 15 is 0 Å². The monoisotopic (exact) mass is 427 g/mol. The summed E-state index contributed by atoms with van der Waals surface area (Å²) in [6.07, 6.45) is 3.44. The van der Waals surface area contributed by atoms with E-state index in [9.17, 15) is 4.79 Å². The van der Waals surface area contributed by atoms with Gasteiger partial charge in [-0.2, -0.15) is 5.10 Å². The molecule has 0 aliphatic carbocycles. The Morgan fingerprint density at radius 1 is 1.20 bits per heavy atom. The molecule has 0 bridgehead atoms. The highest BCUT2D eigenvalue weighted by molar-refractivity contribution is 7.20. The lowest BCUT2D eigenvalue weighted by atomic mass is 10.0. The van der Waals surface area contributed by atoms with Crippen LogP contribution in [0.1, 0.15) is 27.0 Å². The van der Waals surface area contributed by atoms with Gasteiger partial charge in [-0.15, -0.1) is 11.3 Å². The third-order valence-electron chi connectivity index (χ3n) is 5.78. The molecule has 0 aromatic carbocycles. The lowest BCUT2D eigenvalue weighted by molar-refractivity contribution is -0.0332. The van der Waals surface area contributed by atoms with Gasteiger partial charge in [0.15, 0.2) is 0 Å². The molecule has 2 fully saturated rings. The summed E-state index contributed by atoms with van der Waals surface area (Å²) in [6, 6.07) is 6.02. The summed E-state index contributed by atoms with van der Waals surface area (Å²) in [5, 5.41) is 5.29. The number of fused-ring (bicyclic) bond motifs is 1. The van der Waals surface area contributed by atoms with Crippen LogP contribution in [0, 0.1) is 0 Å². The molecule has 0 saturated carbocycles. The van der Waals surface area contributed by atoms with E-state index in [1.807, 2.05) is 41.0 Å². The minimum absolute atomic E-state index is 0.0589. The molecule has 1 unspecified atom stereocenters. The Balaban J connectivity index is 1.46. The maximum Gasteiger partial charge on any atom is 0.264 e. The standard InChI is InChI=1S/C21H25N5O3S/c1-24-15(4-6-23-24)13-25-7-12-29-17(14-25)18-16-3-2-5-22-20(16)30-19(18)21(27)26-8-10-28-11-9-26/h2-6,17H,7-14H2,1H3. The lowest BCUT2D eigenvalue weighted by Crippen LogP contribution is -2.41. The van der Waals surface area contributed by atoms with Crippen molar-refractivity contribution < 1.29 is 14.3 Å². The van der Waals surface area contributed by atoms with Gasteiger partial charge < -0.3 is 14.4 Å². The van der Waals surface area contributed by atoms with E-state index in [0.717, 1.165) is 46.0 Å². The van der Waals surface area contributed by atoms with E-state index in [-0.39, 0.29) is 12.0 Å². The number of hydrogen-bond donors (Lipinski definition) is 0. The molecule has 1 atom stereocenters. The molecule has 5 rings (SSSR count). The van der Waals surface area contributed by atoms with Gasteiger partial charge in [-0.3, -0.25) is 14.4 Å². The second-order valence-corrected chi connectivity index (χ2v) is 8.65. The van der Waals surface area contributed by atoms with Crippen LogP contribution in [0.25, 0.3) is 10.2 Å². The number of pyridine rings is 1. The van der Waals surface area contributed by atoms with Crippen molar-refractivity contribution in [3.63, 3.8) is 0 Å². The first-order valence-electron chi connectivity index (χ1n) is 10.3. The number of carbonyl (C=O) groups excluding carboxylic acids is 1. The Bertz CT molecular complexity index is 1040. The van der Waals surface area contributed by atoms with E-state index in [1.54, 1.807) is 6.20 Å². The topological polar surface area (TPSA) is 72.7 Å². The Kier molecular flexibility index (Phi) is 5.51. The number of rotatable bonds is 4. The molecule has 3 aromatic rings. The summed E-state index contributed by atoms with van der Waals surface area (Å²) in [7, 11) is 1.96. The van der Waals surface area contributed by atoms with Crippen molar-refractivity contribution in [2.45, 2.75) is 12.6 Å². The number of carbonyl (C=O) groups is 1. The fraction of sp³-hybridized carbons (Fsp3) is 0.476. The zero-order valence-electron chi connectivity index (χ0n) is 17.0. The molecule has 2 saturated heterocycles. The highest BCUT2D eigenvalue weighted by atomic mass is 32.1. The van der Waals surface area contributed by atoms with Crippen molar-refractivity contribution in [1.29, 1.82) is 0 Å². The van der Waals surface area contributed by atoms with Crippen LogP contribution in [0.2, 0.25) is 0 Å². The van der Waals surface area contributed by atoms with Gasteiger partial charge in [-0.25, -0.2) is 4.98 Å². The number of aromatic nitrogens is 3. The minimum Gasteiger partial charge on any atom is -0.378 e. The van der Waals surface area contributed by atoms with Crippen molar-refractivity contribution in [1.82, 2.24) is 24.6 Å². The largest absolute Gasteiger partial charge is 0.378 e. The van der Waals surface area contributed by atoms with Gasteiger partial charge in [0.05, 0.1) is 31.6 Å². The average molecular weight is 428 g/mol. The predicted molar refractivity (Wildman–Crippen MR) is 114 cm³/mol. The van der Waals surface area contributed by atoms with Crippen LogP contribution in [0.3, 0.4) is 0 Å². The Morgan fingerprint density at radius 2 is 2.07 bits per heavy atom. The van der Waals surface area contributed by atoms with Crippen molar-refractivity contribution in [3.8, 4) is 0 Å². The third kappa shape index (κ3) is 3.74. The molecule has 3 aromatic heterocycles. The number of hydrogen-bond acceptors (Lipinski definition) is 7. The molecule has 8 nitrogen and oxygen atoms in total. The summed E-state index contributed by atoms with van der Waals surface area (Å²) >= 11 is 1.47. The third-order valence-corrected chi connectivity index (χ3v) is 6.90. The normalized spacial score (nSPS) is 20.7. The SMILES string of the molecule is Cn1nccc1CN1CCOC(c2c(C(=O)N3CCOCC3)sc3ncccc23)C1. The van der Waals surface area contributed by atoms with E-state index < -0.39 is 0 Å². The van der Waals surface area contributed by atoms with Crippen LogP contribution >= 0.6 is 11.3 Å². The van der Waals surface area contributed by atoms with Crippen LogP contribution in [0.5, 0.6) is 0 Å². The summed E-state index contributed by atoms with van der Waals surface area (Å²) in [6.45, 7) is 5.44. The number of amides is 1. The number of nitrogens with zero attached hydrogens (tertiary/aromatic N) is 5. The summed E-state index contributed by atoms with van der Waals surface area (Å²) < 4.78 is 13.5. The fourth-order valence-electron chi connectivity index (χ4n) is 4.15. The highest BCUT2D eigenvalue weighted by Gasteiger charge is 2.32. The van der Waals surface area contributed by atoms with Gasteiger partial charge in [0.1, 0.15) is 9.71 Å². The molecule has 2 aliphatic heterocycles. The molecule has 0 N–H and O–H groups in total. The van der Waals surface area contributed by atoms with E-state index in [0.29, 0.717) is 32.9 Å². The van der Waals surface area contributed by atoms with Gasteiger partial charge in [-0.1, -0.05) is 6.07 Å². The predicted octanol–water partition coefficient (Wildman–Crippen LogP) is 2.08. The summed E-state index contributed by atoms with van der Waals surface area (Å²) in [5.41, 5.74) is 2.14. The summed E-state index contributed by atoms with van der Waals surface area (Å²) in [4.78, 5) is 23.8. The Hall–Kier alpha value is -2.33. The van der Waals surface area contributed by atoms with Crippen LogP contribution in [0.15, 0.2) is 30.6 Å². The van der Waals surface area contributed by atoms with Crippen molar-refractivity contribution in [2.75, 3.05) is 46.0 Å². The Labute approximate surface area is 179 Å². The van der Waals surface area contributed by atoms with Crippen LogP contribution in [0.4, 0.5) is 0 Å². The van der Waals surface area contributed by atoms with Crippen molar-refractivity contribution in [3.05, 3.63) is 46.7 Å². The van der Waals surface area contributed by atoms with Gasteiger partial charge in [0.25, 0.3) is 5.91 Å². The molecular formula is C21H25N5O3S. The van der Waals surface area contributed by atoms with Crippen LogP contribution in [-0.2, 0) is 23.1 Å². The zero-order valence-corrected chi connectivity index (χ0v) is 17.8. The van der Waals surface area contributed by atoms with Gasteiger partial charge >= 0.3 is 0 Å². The highest BCUT2D eigenvalue weighted by Crippen LogP contribution is 2.38. The first-order valence-corrected chi connectivity index (χ1v) is 11.1. The van der Waals surface area contributed by atoms with Crippen molar-refractivity contribution >= 4 is 27.5 Å². The molecule has 30 heavy (non-hydrogen) atoms. The zero-order chi connectivity index (χ0) is 20.5. The van der Waals surface area contributed by atoms with E-state index in [4.69, 9.17) is 9.47 Å². The molecule has 9 heteroatoms. The first kappa shape index (κ1) is 19.6. The van der Waals surface area contributed by atoms with Crippen LogP contribution in [-0.4, -0.2) is 76.5 Å². The molecule has 0 spiro atoms. The maximum atomic E-state index is 13.4. The number of thiophene rings is 1. The Morgan fingerprint density at radius 3 is 2.87 bits per heavy atom. The van der Waals surface area contributed by atoms with Crippen molar-refractivity contribution in [2.24, 2.45) is 7.05 Å². The molecule has 5 heterocycles. The maximum absolute atomic E-state index is 13.4. The lowest BCUT2D eigenvalue weighted by Gasteiger charge is -2.34. The van der Waals surface area contributed by atoms with E-state index in [2.05, 4.69) is 15.0 Å². The number of morpholine rings is 2. The van der Waals surface area contributed by atoms with E-state index in [1.165, 1.54) is 11.3 Å². The van der Waals surface area contributed by atoms with Crippen LogP contribution < -0.4 is 0 Å². The molecule has 1 amide bonds. The average Bonchev–Trinajstić information content (AvgIpc) is 3.37. The fourth-order valence-corrected chi connectivity index (χ4v) is 5.31. The molecule has 2 aliphatic rings. The summed E-state index contributed by atoms with van der Waals surface area (Å²) in [5.74, 6) is 0.0589. The molecule has 158 valence electrons. The molecular weight excluding hydrogens is 402 g/mol. The van der Waals surface area contributed by atoms with Gasteiger partial charge in [-0.05, 0) is 12.1 Å². The van der Waals surface area contributed by atoms with Gasteiger partial charge in [0.2, 0.25) is 0 Å². The second kappa shape index (κ2) is 8.43. The quantitative estimate of drug-likeness (QED) is 0.635. The van der Waals surface area contributed by atoms with Gasteiger partial charge in [0, 0.05) is 63.1 Å². The number of ether oxygens (including phenoxy) is 2.